The summed E-state index contributed by atoms with van der Waals surface area (Å²) in [5.41, 5.74) is 7.50. The number of primary amides is 1. The summed E-state index contributed by atoms with van der Waals surface area (Å²) in [6.07, 6.45) is -0.335. The number of rotatable bonds is 8. The zero-order valence-electron chi connectivity index (χ0n) is 20.0. The van der Waals surface area contributed by atoms with Gasteiger partial charge in [-0.25, -0.2) is 8.78 Å². The first-order valence-corrected chi connectivity index (χ1v) is 12.9. The maximum atomic E-state index is 13.9. The maximum Gasteiger partial charge on any atom is 0.244 e. The van der Waals surface area contributed by atoms with Crippen LogP contribution < -0.4 is 11.1 Å². The first kappa shape index (κ1) is 26.3. The van der Waals surface area contributed by atoms with Gasteiger partial charge < -0.3 is 16.0 Å². The smallest absolute Gasteiger partial charge is 0.244 e. The van der Waals surface area contributed by atoms with Gasteiger partial charge in [-0.3, -0.25) is 14.4 Å². The number of nitrogens with one attached hydrogen (secondary N) is 1. The molecule has 0 radical (unpaired) electrons. The van der Waals surface area contributed by atoms with Crippen molar-refractivity contribution in [1.82, 2.24) is 10.2 Å². The minimum Gasteiger partial charge on any atom is -0.368 e. The number of halogens is 2. The molecule has 6 nitrogen and oxygen atoms in total. The van der Waals surface area contributed by atoms with E-state index in [4.69, 9.17) is 5.73 Å². The lowest BCUT2D eigenvalue weighted by atomic mass is 9.96. The Labute approximate surface area is 218 Å². The van der Waals surface area contributed by atoms with Crippen molar-refractivity contribution in [2.45, 2.75) is 30.2 Å². The Morgan fingerprint density at radius 2 is 1.59 bits per heavy atom. The van der Waals surface area contributed by atoms with E-state index in [0.29, 0.717) is 18.4 Å². The van der Waals surface area contributed by atoms with E-state index in [2.05, 4.69) is 5.32 Å². The fourth-order valence-electron chi connectivity index (χ4n) is 4.56. The number of thioether (sulfide) groups is 1. The molecular weight excluding hydrogens is 496 g/mol. The predicted octanol–water partition coefficient (Wildman–Crippen LogP) is 3.41. The number of carbonyl (C=O) groups is 3. The van der Waals surface area contributed by atoms with E-state index in [1.54, 1.807) is 24.3 Å². The van der Waals surface area contributed by atoms with Crippen molar-refractivity contribution in [2.75, 3.05) is 12.3 Å². The van der Waals surface area contributed by atoms with Gasteiger partial charge in [0.25, 0.3) is 0 Å². The lowest BCUT2D eigenvalue weighted by Gasteiger charge is -2.39. The number of hydrogen-bond donors (Lipinski definition) is 2. The van der Waals surface area contributed by atoms with Crippen LogP contribution in [0.1, 0.15) is 21.9 Å². The Hall–Kier alpha value is -3.72. The Morgan fingerprint density at radius 1 is 0.973 bits per heavy atom. The molecule has 3 amide bonds. The number of hydrogen-bond acceptors (Lipinski definition) is 4. The van der Waals surface area contributed by atoms with E-state index in [-0.39, 0.29) is 12.0 Å². The molecule has 1 aliphatic heterocycles. The van der Waals surface area contributed by atoms with Crippen LogP contribution in [0.4, 0.5) is 8.78 Å². The fraction of sp³-hybridized carbons (Fsp3) is 0.250. The first-order valence-electron chi connectivity index (χ1n) is 11.9. The lowest BCUT2D eigenvalue weighted by molar-refractivity contribution is -0.146. The standard InChI is InChI=1S/C28H27F2N3O3S/c29-21-13-19(14-22(30)17-21)16-24(34)33(23(27(31)35)15-18-7-3-1-4-8-18)25-26(20-9-5-2-6-10-20)37-12-11-32-28(25)36/h1-10,13-14,17,23,25-26H,11-12,15-16H2,(H2,31,35)(H,32,36)/t23-,25-,26+/m0/s1. The van der Waals surface area contributed by atoms with E-state index in [9.17, 15) is 23.2 Å². The normalized spacial score (nSPS) is 18.4. The van der Waals surface area contributed by atoms with Crippen molar-refractivity contribution in [3.63, 3.8) is 0 Å². The van der Waals surface area contributed by atoms with Gasteiger partial charge in [0.1, 0.15) is 23.7 Å². The Morgan fingerprint density at radius 3 is 2.22 bits per heavy atom. The van der Waals surface area contributed by atoms with Gasteiger partial charge >= 0.3 is 0 Å². The predicted molar refractivity (Wildman–Crippen MR) is 138 cm³/mol. The summed E-state index contributed by atoms with van der Waals surface area (Å²) >= 11 is 1.49. The summed E-state index contributed by atoms with van der Waals surface area (Å²) in [7, 11) is 0. The highest BCUT2D eigenvalue weighted by molar-refractivity contribution is 7.99. The number of amides is 3. The quantitative estimate of drug-likeness (QED) is 0.474. The van der Waals surface area contributed by atoms with E-state index in [1.165, 1.54) is 16.7 Å². The summed E-state index contributed by atoms with van der Waals surface area (Å²) in [4.78, 5) is 41.5. The van der Waals surface area contributed by atoms with Gasteiger partial charge in [0.05, 0.1) is 11.7 Å². The van der Waals surface area contributed by atoms with Crippen LogP contribution in [0.2, 0.25) is 0 Å². The zero-order valence-corrected chi connectivity index (χ0v) is 20.8. The lowest BCUT2D eigenvalue weighted by Crippen LogP contribution is -2.59. The van der Waals surface area contributed by atoms with E-state index in [0.717, 1.165) is 23.3 Å². The minimum atomic E-state index is -1.17. The molecule has 1 aliphatic rings. The van der Waals surface area contributed by atoms with Crippen molar-refractivity contribution in [1.29, 1.82) is 0 Å². The van der Waals surface area contributed by atoms with Crippen LogP contribution in [-0.4, -0.2) is 47.0 Å². The Kier molecular flexibility index (Phi) is 8.55. The van der Waals surface area contributed by atoms with Gasteiger partial charge in [-0.05, 0) is 28.8 Å². The van der Waals surface area contributed by atoms with Gasteiger partial charge in [-0.2, -0.15) is 0 Å². The molecule has 1 saturated heterocycles. The molecule has 0 bridgehead atoms. The van der Waals surface area contributed by atoms with Crippen LogP contribution in [0.15, 0.2) is 78.9 Å². The first-order chi connectivity index (χ1) is 17.8. The summed E-state index contributed by atoms with van der Waals surface area (Å²) in [6.45, 7) is 0.389. The molecule has 4 rings (SSSR count). The second-order valence-electron chi connectivity index (χ2n) is 8.80. The van der Waals surface area contributed by atoms with Crippen LogP contribution in [0.25, 0.3) is 0 Å². The third-order valence-corrected chi connectivity index (χ3v) is 7.51. The molecule has 9 heteroatoms. The SMILES string of the molecule is NC(=O)[C@H](Cc1ccccc1)N(C(=O)Cc1cc(F)cc(F)c1)[C@@H]1C(=O)NCCS[C@@H]1c1ccccc1. The van der Waals surface area contributed by atoms with Gasteiger partial charge in [-0.1, -0.05) is 60.7 Å². The van der Waals surface area contributed by atoms with Gasteiger partial charge in [0.15, 0.2) is 0 Å². The molecule has 37 heavy (non-hydrogen) atoms. The van der Waals surface area contributed by atoms with Crippen molar-refractivity contribution >= 4 is 29.5 Å². The summed E-state index contributed by atoms with van der Waals surface area (Å²) in [5.74, 6) is -2.88. The molecular formula is C28H27F2N3O3S. The largest absolute Gasteiger partial charge is 0.368 e. The van der Waals surface area contributed by atoms with Crippen LogP contribution in [0, 0.1) is 11.6 Å². The highest BCUT2D eigenvalue weighted by Crippen LogP contribution is 2.37. The van der Waals surface area contributed by atoms with E-state index >= 15 is 0 Å². The van der Waals surface area contributed by atoms with Crippen molar-refractivity contribution in [3.8, 4) is 0 Å². The van der Waals surface area contributed by atoms with Crippen molar-refractivity contribution in [3.05, 3.63) is 107 Å². The number of nitrogens with zero attached hydrogens (tertiary/aromatic N) is 1. The van der Waals surface area contributed by atoms with Crippen LogP contribution >= 0.6 is 11.8 Å². The molecule has 0 spiro atoms. The third kappa shape index (κ3) is 6.54. The zero-order chi connectivity index (χ0) is 26.4. The van der Waals surface area contributed by atoms with Crippen molar-refractivity contribution < 1.29 is 23.2 Å². The van der Waals surface area contributed by atoms with Gasteiger partial charge in [-0.15, -0.1) is 11.8 Å². The van der Waals surface area contributed by atoms with Crippen LogP contribution in [0.5, 0.6) is 0 Å². The van der Waals surface area contributed by atoms with E-state index < -0.39 is 53.1 Å². The molecule has 1 fully saturated rings. The Balaban J connectivity index is 1.81. The molecule has 1 heterocycles. The number of nitrogens with two attached hydrogens (primary N) is 1. The number of carbonyl (C=O) groups excluding carboxylic acids is 3. The summed E-state index contributed by atoms with van der Waals surface area (Å²) < 4.78 is 27.8. The molecule has 3 aromatic rings. The highest BCUT2D eigenvalue weighted by atomic mass is 32.2. The molecule has 0 aliphatic carbocycles. The monoisotopic (exact) mass is 523 g/mol. The van der Waals surface area contributed by atoms with Gasteiger partial charge in [0.2, 0.25) is 17.7 Å². The molecule has 0 aromatic heterocycles. The third-order valence-electron chi connectivity index (χ3n) is 6.18. The summed E-state index contributed by atoms with van der Waals surface area (Å²) in [6, 6.07) is 18.9. The highest BCUT2D eigenvalue weighted by Gasteiger charge is 2.43. The molecule has 3 aromatic carbocycles. The average Bonchev–Trinajstić information content (AvgIpc) is 3.05. The van der Waals surface area contributed by atoms with Crippen molar-refractivity contribution in [2.24, 2.45) is 5.73 Å². The van der Waals surface area contributed by atoms with E-state index in [1.807, 2.05) is 36.4 Å². The average molecular weight is 524 g/mol. The minimum absolute atomic E-state index is 0.0788. The maximum absolute atomic E-state index is 13.9. The molecule has 0 unspecified atom stereocenters. The topological polar surface area (TPSA) is 92.5 Å². The molecule has 3 N–H and O–H groups in total. The summed E-state index contributed by atoms with van der Waals surface area (Å²) in [5, 5.41) is 2.35. The van der Waals surface area contributed by atoms with Crippen LogP contribution in [-0.2, 0) is 27.2 Å². The number of benzene rings is 3. The molecule has 192 valence electrons. The fourth-order valence-corrected chi connectivity index (χ4v) is 5.82. The molecule has 3 atom stereocenters. The Bertz CT molecular complexity index is 1240. The second-order valence-corrected chi connectivity index (χ2v) is 10.1. The second kappa shape index (κ2) is 12.0. The van der Waals surface area contributed by atoms with Gasteiger partial charge in [0, 0.05) is 24.8 Å². The van der Waals surface area contributed by atoms with Crippen LogP contribution in [0.3, 0.4) is 0 Å². The molecule has 0 saturated carbocycles.